The van der Waals surface area contributed by atoms with E-state index in [2.05, 4.69) is 4.98 Å². The molecule has 0 aliphatic rings. The van der Waals surface area contributed by atoms with E-state index in [1.54, 1.807) is 0 Å². The number of rotatable bonds is 5. The number of aromatic nitrogens is 1. The predicted molar refractivity (Wildman–Crippen MR) is 86.1 cm³/mol. The number of pyridine rings is 1. The van der Waals surface area contributed by atoms with Crippen molar-refractivity contribution in [3.8, 4) is 0 Å². The molecule has 10 heteroatoms. The highest BCUT2D eigenvalue weighted by atomic mass is 32.2. The van der Waals surface area contributed by atoms with Gasteiger partial charge in [0.2, 0.25) is 10.0 Å². The third-order valence-corrected chi connectivity index (χ3v) is 4.93. The van der Waals surface area contributed by atoms with E-state index in [9.17, 15) is 22.4 Å². The van der Waals surface area contributed by atoms with Crippen molar-refractivity contribution in [2.24, 2.45) is 0 Å². The Morgan fingerprint density at radius 3 is 2.52 bits per heavy atom. The number of sulfonamides is 1. The number of carbonyl (C=O) groups is 2. The van der Waals surface area contributed by atoms with Crippen LogP contribution in [0.2, 0.25) is 0 Å². The van der Waals surface area contributed by atoms with E-state index in [0.29, 0.717) is 0 Å². The van der Waals surface area contributed by atoms with Crippen LogP contribution in [-0.2, 0) is 14.8 Å². The highest BCUT2D eigenvalue weighted by molar-refractivity contribution is 7.89. The second kappa shape index (κ2) is 7.81. The first kappa shape index (κ1) is 18.5. The zero-order valence-corrected chi connectivity index (χ0v) is 14.0. The van der Waals surface area contributed by atoms with Crippen LogP contribution >= 0.6 is 0 Å². The second-order valence-electron chi connectivity index (χ2n) is 4.93. The minimum atomic E-state index is -3.89. The lowest BCUT2D eigenvalue weighted by atomic mass is 10.2. The largest absolute Gasteiger partial charge is 0.272 e. The first-order chi connectivity index (χ1) is 11.8. The number of carbonyl (C=O) groups excluding carboxylic acids is 2. The lowest BCUT2D eigenvalue weighted by Crippen LogP contribution is -2.46. The lowest BCUT2D eigenvalue weighted by Gasteiger charge is -2.16. The number of hydrogen-bond acceptors (Lipinski definition) is 5. The molecule has 0 saturated heterocycles. The molecule has 0 unspecified atom stereocenters. The van der Waals surface area contributed by atoms with Crippen molar-refractivity contribution in [1.29, 1.82) is 0 Å². The van der Waals surface area contributed by atoms with Crippen molar-refractivity contribution in [2.75, 3.05) is 13.6 Å². The fraction of sp³-hybridized carbons (Fsp3) is 0.133. The highest BCUT2D eigenvalue weighted by Gasteiger charge is 2.23. The number of amides is 2. The molecule has 1 heterocycles. The van der Waals surface area contributed by atoms with Gasteiger partial charge in [-0.1, -0.05) is 12.1 Å². The average Bonchev–Trinajstić information content (AvgIpc) is 2.60. The summed E-state index contributed by atoms with van der Waals surface area (Å²) in [6, 6.07) is 8.03. The molecule has 1 aromatic carbocycles. The fourth-order valence-corrected chi connectivity index (χ4v) is 2.94. The summed E-state index contributed by atoms with van der Waals surface area (Å²) >= 11 is 0. The molecule has 0 spiro atoms. The molecule has 2 aromatic rings. The molecule has 0 aliphatic heterocycles. The summed E-state index contributed by atoms with van der Waals surface area (Å²) in [6.45, 7) is -0.547. The van der Waals surface area contributed by atoms with Gasteiger partial charge in [-0.2, -0.15) is 4.31 Å². The van der Waals surface area contributed by atoms with Crippen LogP contribution in [0.1, 0.15) is 10.4 Å². The Labute approximate surface area is 143 Å². The molecular weight excluding hydrogens is 351 g/mol. The van der Waals surface area contributed by atoms with E-state index in [1.807, 2.05) is 10.9 Å². The number of hydrazine groups is 1. The van der Waals surface area contributed by atoms with Gasteiger partial charge in [0, 0.05) is 19.4 Å². The van der Waals surface area contributed by atoms with Gasteiger partial charge in [-0.3, -0.25) is 25.4 Å². The first-order valence-corrected chi connectivity index (χ1v) is 8.46. The van der Waals surface area contributed by atoms with Gasteiger partial charge < -0.3 is 0 Å². The molecule has 0 bridgehead atoms. The Hall–Kier alpha value is -2.85. The number of halogens is 1. The minimum absolute atomic E-state index is 0.0688. The van der Waals surface area contributed by atoms with Crippen LogP contribution in [0.25, 0.3) is 0 Å². The number of likely N-dealkylation sites (N-methyl/N-ethyl adjacent to an activating group) is 1. The Bertz CT molecular complexity index is 874. The Morgan fingerprint density at radius 2 is 1.88 bits per heavy atom. The van der Waals surface area contributed by atoms with E-state index in [4.69, 9.17) is 0 Å². The van der Waals surface area contributed by atoms with Gasteiger partial charge in [0.1, 0.15) is 10.7 Å². The third kappa shape index (κ3) is 4.58. The summed E-state index contributed by atoms with van der Waals surface area (Å²) in [7, 11) is -2.69. The summed E-state index contributed by atoms with van der Waals surface area (Å²) < 4.78 is 38.7. The lowest BCUT2D eigenvalue weighted by molar-refractivity contribution is -0.121. The van der Waals surface area contributed by atoms with Crippen LogP contribution in [-0.4, -0.2) is 43.1 Å². The smallest absolute Gasteiger partial charge is 0.272 e. The van der Waals surface area contributed by atoms with Gasteiger partial charge in [0.25, 0.3) is 11.8 Å². The average molecular weight is 366 g/mol. The van der Waals surface area contributed by atoms with Crippen LogP contribution in [0.3, 0.4) is 0 Å². The molecule has 2 N–H and O–H groups in total. The SMILES string of the molecule is CN(CC(=O)NNC(=O)c1ccccc1F)S(=O)(=O)c1cccnc1. The van der Waals surface area contributed by atoms with Gasteiger partial charge in [-0.15, -0.1) is 0 Å². The first-order valence-electron chi connectivity index (χ1n) is 7.02. The Kier molecular flexibility index (Phi) is 5.78. The quantitative estimate of drug-likeness (QED) is 0.740. The summed E-state index contributed by atoms with van der Waals surface area (Å²) in [5.41, 5.74) is 3.81. The third-order valence-electron chi connectivity index (χ3n) is 3.14. The molecule has 25 heavy (non-hydrogen) atoms. The number of hydrogen-bond donors (Lipinski definition) is 2. The highest BCUT2D eigenvalue weighted by Crippen LogP contribution is 2.11. The van der Waals surface area contributed by atoms with E-state index in [0.717, 1.165) is 16.6 Å². The number of nitrogens with zero attached hydrogens (tertiary/aromatic N) is 2. The molecular formula is C15H15FN4O4S. The molecule has 1 aromatic heterocycles. The van der Waals surface area contributed by atoms with Crippen molar-refractivity contribution < 1.29 is 22.4 Å². The monoisotopic (exact) mass is 366 g/mol. The Balaban J connectivity index is 1.94. The minimum Gasteiger partial charge on any atom is -0.272 e. The molecule has 0 radical (unpaired) electrons. The number of nitrogens with one attached hydrogen (secondary N) is 2. The van der Waals surface area contributed by atoms with Crippen LogP contribution in [0, 0.1) is 5.82 Å². The summed E-state index contributed by atoms with van der Waals surface area (Å²) in [5, 5.41) is 0. The maximum atomic E-state index is 13.5. The van der Waals surface area contributed by atoms with Crippen LogP contribution in [0.4, 0.5) is 4.39 Å². The normalized spacial score (nSPS) is 11.2. The van der Waals surface area contributed by atoms with Crippen molar-refractivity contribution in [2.45, 2.75) is 4.90 Å². The zero-order chi connectivity index (χ0) is 18.4. The van der Waals surface area contributed by atoms with E-state index in [1.165, 1.54) is 43.6 Å². The standard InChI is InChI=1S/C15H15FN4O4S/c1-20(25(23,24)11-5-4-8-17-9-11)10-14(21)18-19-15(22)12-6-2-3-7-13(12)16/h2-9H,10H2,1H3,(H,18,21)(H,19,22). The molecule has 0 fully saturated rings. The van der Waals surface area contributed by atoms with Crippen molar-refractivity contribution in [3.05, 3.63) is 60.2 Å². The predicted octanol–water partition coefficient (Wildman–Crippen LogP) is 0.302. The molecule has 2 amide bonds. The van der Waals surface area contributed by atoms with Crippen molar-refractivity contribution in [3.63, 3.8) is 0 Å². The van der Waals surface area contributed by atoms with E-state index in [-0.39, 0.29) is 10.5 Å². The van der Waals surface area contributed by atoms with Crippen LogP contribution < -0.4 is 10.9 Å². The zero-order valence-electron chi connectivity index (χ0n) is 13.1. The van der Waals surface area contributed by atoms with Crippen LogP contribution in [0.5, 0.6) is 0 Å². The molecule has 132 valence electrons. The van der Waals surface area contributed by atoms with Gasteiger partial charge in [0.05, 0.1) is 12.1 Å². The molecule has 8 nitrogen and oxygen atoms in total. The van der Waals surface area contributed by atoms with Gasteiger partial charge >= 0.3 is 0 Å². The fourth-order valence-electron chi connectivity index (χ4n) is 1.85. The summed E-state index contributed by atoms with van der Waals surface area (Å²) in [4.78, 5) is 27.2. The Morgan fingerprint density at radius 1 is 1.16 bits per heavy atom. The van der Waals surface area contributed by atoms with Gasteiger partial charge in [-0.05, 0) is 24.3 Å². The number of benzene rings is 1. The molecule has 0 atom stereocenters. The van der Waals surface area contributed by atoms with Crippen molar-refractivity contribution in [1.82, 2.24) is 20.1 Å². The topological polar surface area (TPSA) is 108 Å². The maximum absolute atomic E-state index is 13.5. The van der Waals surface area contributed by atoms with E-state index < -0.39 is 34.2 Å². The van der Waals surface area contributed by atoms with Gasteiger partial charge in [0.15, 0.2) is 0 Å². The van der Waals surface area contributed by atoms with Crippen LogP contribution in [0.15, 0.2) is 53.7 Å². The summed E-state index contributed by atoms with van der Waals surface area (Å²) in [6.07, 6.45) is 2.58. The molecule has 0 aliphatic carbocycles. The maximum Gasteiger partial charge on any atom is 0.272 e. The molecule has 2 rings (SSSR count). The van der Waals surface area contributed by atoms with E-state index >= 15 is 0 Å². The summed E-state index contributed by atoms with van der Waals surface area (Å²) in [5.74, 6) is -2.39. The second-order valence-corrected chi connectivity index (χ2v) is 6.98. The molecule has 0 saturated carbocycles. The van der Waals surface area contributed by atoms with Crippen molar-refractivity contribution >= 4 is 21.8 Å². The van der Waals surface area contributed by atoms with Gasteiger partial charge in [-0.25, -0.2) is 12.8 Å².